The first kappa shape index (κ1) is 14.9. The number of primary amides is 1. The first-order valence-electron chi connectivity index (χ1n) is 5.22. The van der Waals surface area contributed by atoms with E-state index >= 15 is 0 Å². The second-order valence-electron chi connectivity index (χ2n) is 3.57. The number of nitrogens with zero attached hydrogens (tertiary/aromatic N) is 1. The number of aromatic nitrogens is 1. The fraction of sp³-hybridized carbons (Fsp3) is 0.500. The molecule has 1 aromatic heterocycles. The molecule has 0 radical (unpaired) electrons. The number of carbonyl (C=O) groups excluding carboxylic acids is 2. The van der Waals surface area contributed by atoms with E-state index < -0.39 is 12.0 Å². The third-order valence-corrected chi connectivity index (χ3v) is 3.76. The van der Waals surface area contributed by atoms with Crippen molar-refractivity contribution in [2.24, 2.45) is 5.73 Å². The minimum atomic E-state index is -1.33. The van der Waals surface area contributed by atoms with E-state index in [0.29, 0.717) is 5.75 Å². The van der Waals surface area contributed by atoms with Crippen molar-refractivity contribution in [3.05, 3.63) is 16.1 Å². The molecule has 1 heterocycles. The monoisotopic (exact) mass is 289 g/mol. The topological polar surface area (TPSA) is 105 Å². The maximum Gasteiger partial charge on any atom is 0.248 e. The predicted octanol–water partition coefficient (Wildman–Crippen LogP) is -0.353. The van der Waals surface area contributed by atoms with Gasteiger partial charge in [0, 0.05) is 11.1 Å². The molecular weight excluding hydrogens is 274 g/mol. The van der Waals surface area contributed by atoms with E-state index in [0.717, 1.165) is 10.7 Å². The molecule has 0 fully saturated rings. The number of thiazole rings is 1. The lowest BCUT2D eigenvalue weighted by Gasteiger charge is -2.07. The number of aryl methyl sites for hydroxylation is 1. The van der Waals surface area contributed by atoms with Crippen molar-refractivity contribution in [3.63, 3.8) is 0 Å². The van der Waals surface area contributed by atoms with Crippen LogP contribution in [0.2, 0.25) is 0 Å². The second-order valence-corrected chi connectivity index (χ2v) is 5.62. The van der Waals surface area contributed by atoms with Gasteiger partial charge in [0.15, 0.2) is 0 Å². The molecule has 0 aromatic carbocycles. The normalized spacial score (nSPS) is 12.1. The Bertz CT molecular complexity index is 422. The standard InChI is InChI=1S/C10H15N3O3S2/c1-6-13-7(4-18-6)3-17-5-9(15)12-2-8(14)10(11)16/h4,8,14H,2-3,5H2,1H3,(H2,11,16)(H,12,15). The first-order valence-corrected chi connectivity index (χ1v) is 7.25. The van der Waals surface area contributed by atoms with Gasteiger partial charge in [-0.3, -0.25) is 9.59 Å². The second kappa shape index (κ2) is 7.34. The van der Waals surface area contributed by atoms with Crippen molar-refractivity contribution >= 4 is 34.9 Å². The molecule has 0 aliphatic rings. The lowest BCUT2D eigenvalue weighted by atomic mass is 10.3. The molecule has 1 atom stereocenters. The Balaban J connectivity index is 2.15. The van der Waals surface area contributed by atoms with Gasteiger partial charge >= 0.3 is 0 Å². The average Bonchev–Trinajstić information content (AvgIpc) is 2.71. The Morgan fingerprint density at radius 3 is 2.94 bits per heavy atom. The molecule has 0 aliphatic carbocycles. The van der Waals surface area contributed by atoms with Gasteiger partial charge in [0.05, 0.1) is 23.0 Å². The Morgan fingerprint density at radius 2 is 2.39 bits per heavy atom. The molecule has 8 heteroatoms. The molecule has 4 N–H and O–H groups in total. The van der Waals surface area contributed by atoms with Crippen molar-refractivity contribution < 1.29 is 14.7 Å². The molecule has 0 saturated heterocycles. The molecular formula is C10H15N3O3S2. The fourth-order valence-corrected chi connectivity index (χ4v) is 2.55. The highest BCUT2D eigenvalue weighted by molar-refractivity contribution is 7.99. The SMILES string of the molecule is Cc1nc(CSCC(=O)NCC(O)C(N)=O)cs1. The van der Waals surface area contributed by atoms with Crippen LogP contribution < -0.4 is 11.1 Å². The molecule has 1 aromatic rings. The quantitative estimate of drug-likeness (QED) is 0.636. The number of aliphatic hydroxyl groups is 1. The lowest BCUT2D eigenvalue weighted by molar-refractivity contribution is -0.126. The Morgan fingerprint density at radius 1 is 1.67 bits per heavy atom. The highest BCUT2D eigenvalue weighted by Gasteiger charge is 2.12. The molecule has 1 unspecified atom stereocenters. The summed E-state index contributed by atoms with van der Waals surface area (Å²) in [6.45, 7) is 1.78. The number of hydrogen-bond donors (Lipinski definition) is 3. The summed E-state index contributed by atoms with van der Waals surface area (Å²) in [6, 6.07) is 0. The van der Waals surface area contributed by atoms with E-state index in [1.165, 1.54) is 11.8 Å². The summed E-state index contributed by atoms with van der Waals surface area (Å²) in [7, 11) is 0. The van der Waals surface area contributed by atoms with Crippen LogP contribution in [0.3, 0.4) is 0 Å². The van der Waals surface area contributed by atoms with Gasteiger partial charge in [-0.05, 0) is 6.92 Å². The molecule has 0 aliphatic heterocycles. The van der Waals surface area contributed by atoms with Crippen LogP contribution in [0, 0.1) is 6.92 Å². The van der Waals surface area contributed by atoms with Crippen LogP contribution in [-0.2, 0) is 15.3 Å². The maximum absolute atomic E-state index is 11.4. The van der Waals surface area contributed by atoms with Crippen molar-refractivity contribution in [2.45, 2.75) is 18.8 Å². The maximum atomic E-state index is 11.4. The molecule has 18 heavy (non-hydrogen) atoms. The number of aliphatic hydroxyl groups excluding tert-OH is 1. The van der Waals surface area contributed by atoms with Gasteiger partial charge in [0.25, 0.3) is 0 Å². The summed E-state index contributed by atoms with van der Waals surface area (Å²) in [5.41, 5.74) is 5.80. The molecule has 6 nitrogen and oxygen atoms in total. The number of nitrogens with two attached hydrogens (primary N) is 1. The van der Waals surface area contributed by atoms with Crippen LogP contribution in [0.4, 0.5) is 0 Å². The van der Waals surface area contributed by atoms with E-state index in [9.17, 15) is 9.59 Å². The van der Waals surface area contributed by atoms with Crippen LogP contribution in [0.5, 0.6) is 0 Å². The third kappa shape index (κ3) is 5.48. The van der Waals surface area contributed by atoms with Gasteiger partial charge < -0.3 is 16.2 Å². The van der Waals surface area contributed by atoms with E-state index in [-0.39, 0.29) is 18.2 Å². The summed E-state index contributed by atoms with van der Waals surface area (Å²) < 4.78 is 0. The number of carbonyl (C=O) groups is 2. The molecule has 2 amide bonds. The Labute approximate surface area is 113 Å². The van der Waals surface area contributed by atoms with Crippen molar-refractivity contribution in [1.82, 2.24) is 10.3 Å². The number of amides is 2. The van der Waals surface area contributed by atoms with Gasteiger partial charge in [-0.25, -0.2) is 4.98 Å². The van der Waals surface area contributed by atoms with Crippen molar-refractivity contribution in [3.8, 4) is 0 Å². The zero-order valence-electron chi connectivity index (χ0n) is 9.88. The fourth-order valence-electron chi connectivity index (χ4n) is 1.08. The Hall–Kier alpha value is -1.12. The zero-order valence-corrected chi connectivity index (χ0v) is 11.5. The highest BCUT2D eigenvalue weighted by Crippen LogP contribution is 2.14. The largest absolute Gasteiger partial charge is 0.381 e. The number of thioether (sulfide) groups is 1. The smallest absolute Gasteiger partial charge is 0.248 e. The van der Waals surface area contributed by atoms with E-state index in [4.69, 9.17) is 10.8 Å². The average molecular weight is 289 g/mol. The van der Waals surface area contributed by atoms with Crippen LogP contribution in [0.1, 0.15) is 10.7 Å². The zero-order chi connectivity index (χ0) is 13.5. The number of rotatable bonds is 7. The van der Waals surface area contributed by atoms with Gasteiger partial charge in [0.2, 0.25) is 11.8 Å². The van der Waals surface area contributed by atoms with Crippen LogP contribution in [0.15, 0.2) is 5.38 Å². The molecule has 100 valence electrons. The van der Waals surface area contributed by atoms with Gasteiger partial charge in [-0.15, -0.1) is 23.1 Å². The summed E-state index contributed by atoms with van der Waals surface area (Å²) >= 11 is 2.99. The number of nitrogens with one attached hydrogen (secondary N) is 1. The molecule has 0 saturated carbocycles. The molecule has 0 spiro atoms. The summed E-state index contributed by atoms with van der Waals surface area (Å²) in [6.07, 6.45) is -1.33. The lowest BCUT2D eigenvalue weighted by Crippen LogP contribution is -2.40. The van der Waals surface area contributed by atoms with Crippen LogP contribution >= 0.6 is 23.1 Å². The summed E-state index contributed by atoms with van der Waals surface area (Å²) in [4.78, 5) is 26.1. The predicted molar refractivity (Wildman–Crippen MR) is 71.2 cm³/mol. The van der Waals surface area contributed by atoms with Gasteiger partial charge in [-0.2, -0.15) is 0 Å². The van der Waals surface area contributed by atoms with E-state index in [1.807, 2.05) is 12.3 Å². The van der Waals surface area contributed by atoms with E-state index in [1.54, 1.807) is 11.3 Å². The number of hydrogen-bond acceptors (Lipinski definition) is 6. The van der Waals surface area contributed by atoms with Gasteiger partial charge in [-0.1, -0.05) is 0 Å². The third-order valence-electron chi connectivity index (χ3n) is 1.97. The molecule has 0 bridgehead atoms. The highest BCUT2D eigenvalue weighted by atomic mass is 32.2. The molecule has 1 rings (SSSR count). The summed E-state index contributed by atoms with van der Waals surface area (Å²) in [5, 5.41) is 14.5. The minimum absolute atomic E-state index is 0.148. The summed E-state index contributed by atoms with van der Waals surface area (Å²) in [5.74, 6) is -0.175. The minimum Gasteiger partial charge on any atom is -0.381 e. The van der Waals surface area contributed by atoms with Crippen molar-refractivity contribution in [1.29, 1.82) is 0 Å². The van der Waals surface area contributed by atoms with Crippen LogP contribution in [0.25, 0.3) is 0 Å². The first-order chi connectivity index (χ1) is 8.49. The van der Waals surface area contributed by atoms with Crippen molar-refractivity contribution in [2.75, 3.05) is 12.3 Å². The van der Waals surface area contributed by atoms with Crippen LogP contribution in [-0.4, -0.2) is 40.3 Å². The Kier molecular flexibility index (Phi) is 6.10. The van der Waals surface area contributed by atoms with E-state index in [2.05, 4.69) is 10.3 Å². The van der Waals surface area contributed by atoms with Gasteiger partial charge in [0.1, 0.15) is 6.10 Å².